The SMILES string of the molecule is COc1ccccc1-n1c(=O)[nH]c2c(C(N)=O)nc(-c3ccc(C#N)cc3)nc21. The van der Waals surface area contributed by atoms with Gasteiger partial charge in [-0.1, -0.05) is 12.1 Å². The standard InChI is InChI=1S/C20H14N6O3/c1-29-14-5-3-2-4-13(14)26-19-16(24-20(26)28)15(17(22)27)23-18(25-19)12-8-6-11(10-21)7-9-12/h2-9H,1H3,(H2,22,27)(H,24,28). The van der Waals surface area contributed by atoms with Gasteiger partial charge in [0.2, 0.25) is 0 Å². The van der Waals surface area contributed by atoms with Gasteiger partial charge in [0.1, 0.15) is 11.3 Å². The monoisotopic (exact) mass is 386 g/mol. The van der Waals surface area contributed by atoms with Crippen molar-refractivity contribution in [1.29, 1.82) is 5.26 Å². The summed E-state index contributed by atoms with van der Waals surface area (Å²) < 4.78 is 6.65. The molecule has 4 aromatic rings. The summed E-state index contributed by atoms with van der Waals surface area (Å²) >= 11 is 0. The molecule has 0 spiro atoms. The third kappa shape index (κ3) is 2.98. The number of nitrogens with one attached hydrogen (secondary N) is 1. The smallest absolute Gasteiger partial charge is 0.332 e. The van der Waals surface area contributed by atoms with E-state index in [1.165, 1.54) is 11.7 Å². The Balaban J connectivity index is 2.05. The molecule has 3 N–H and O–H groups in total. The molecule has 9 heteroatoms. The number of benzene rings is 2. The zero-order valence-electron chi connectivity index (χ0n) is 15.2. The van der Waals surface area contributed by atoms with E-state index in [-0.39, 0.29) is 22.7 Å². The number of H-pyrrole nitrogens is 1. The minimum Gasteiger partial charge on any atom is -0.495 e. The number of nitriles is 1. The molecule has 0 aliphatic carbocycles. The third-order valence-corrected chi connectivity index (χ3v) is 4.37. The van der Waals surface area contributed by atoms with Crippen molar-refractivity contribution in [2.45, 2.75) is 0 Å². The fraction of sp³-hybridized carbons (Fsp3) is 0.0500. The molecule has 2 heterocycles. The fourth-order valence-corrected chi connectivity index (χ4v) is 3.02. The Morgan fingerprint density at radius 3 is 2.55 bits per heavy atom. The van der Waals surface area contributed by atoms with E-state index in [4.69, 9.17) is 15.7 Å². The van der Waals surface area contributed by atoms with Gasteiger partial charge in [-0.15, -0.1) is 0 Å². The van der Waals surface area contributed by atoms with E-state index >= 15 is 0 Å². The molecule has 0 unspecified atom stereocenters. The Morgan fingerprint density at radius 2 is 1.90 bits per heavy atom. The number of primary amides is 1. The van der Waals surface area contributed by atoms with E-state index in [9.17, 15) is 9.59 Å². The molecule has 0 saturated heterocycles. The summed E-state index contributed by atoms with van der Waals surface area (Å²) in [5, 5.41) is 8.98. The highest BCUT2D eigenvalue weighted by Crippen LogP contribution is 2.26. The number of nitrogens with two attached hydrogens (primary N) is 1. The summed E-state index contributed by atoms with van der Waals surface area (Å²) in [6.45, 7) is 0. The Morgan fingerprint density at radius 1 is 1.17 bits per heavy atom. The molecule has 0 aliphatic rings. The van der Waals surface area contributed by atoms with Gasteiger partial charge < -0.3 is 15.5 Å². The maximum atomic E-state index is 12.7. The minimum absolute atomic E-state index is 0.111. The highest BCUT2D eigenvalue weighted by molar-refractivity contribution is 6.02. The summed E-state index contributed by atoms with van der Waals surface area (Å²) in [6.07, 6.45) is 0. The third-order valence-electron chi connectivity index (χ3n) is 4.37. The second-order valence-electron chi connectivity index (χ2n) is 6.09. The lowest BCUT2D eigenvalue weighted by molar-refractivity contribution is 0.0997. The summed E-state index contributed by atoms with van der Waals surface area (Å²) in [4.78, 5) is 36.1. The maximum absolute atomic E-state index is 12.7. The van der Waals surface area contributed by atoms with Gasteiger partial charge in [0.25, 0.3) is 5.91 Å². The highest BCUT2D eigenvalue weighted by Gasteiger charge is 2.21. The summed E-state index contributed by atoms with van der Waals surface area (Å²) in [6, 6.07) is 15.5. The van der Waals surface area contributed by atoms with Crippen molar-refractivity contribution in [2.24, 2.45) is 5.73 Å². The predicted molar refractivity (Wildman–Crippen MR) is 105 cm³/mol. The average Bonchev–Trinajstić information content (AvgIpc) is 3.08. The molecule has 4 rings (SSSR count). The minimum atomic E-state index is -0.805. The summed E-state index contributed by atoms with van der Waals surface area (Å²) in [5.74, 6) is -0.159. The number of hydrogen-bond donors (Lipinski definition) is 2. The normalized spacial score (nSPS) is 10.6. The Labute approximate surface area is 164 Å². The van der Waals surface area contributed by atoms with Crippen LogP contribution in [0.25, 0.3) is 28.2 Å². The molecule has 0 bridgehead atoms. The first-order valence-electron chi connectivity index (χ1n) is 8.50. The Bertz CT molecular complexity index is 1350. The largest absolute Gasteiger partial charge is 0.495 e. The van der Waals surface area contributed by atoms with Gasteiger partial charge in [0.15, 0.2) is 17.2 Å². The van der Waals surface area contributed by atoms with E-state index in [1.807, 2.05) is 6.07 Å². The van der Waals surface area contributed by atoms with Gasteiger partial charge in [0, 0.05) is 5.56 Å². The van der Waals surface area contributed by atoms with Crippen molar-refractivity contribution in [3.8, 4) is 28.9 Å². The van der Waals surface area contributed by atoms with E-state index in [0.717, 1.165) is 0 Å². The van der Waals surface area contributed by atoms with Crippen molar-refractivity contribution in [1.82, 2.24) is 19.5 Å². The number of carbonyl (C=O) groups excluding carboxylic acids is 1. The molecular formula is C20H14N6O3. The molecule has 0 fully saturated rings. The van der Waals surface area contributed by atoms with Crippen molar-refractivity contribution >= 4 is 17.1 Å². The second-order valence-corrected chi connectivity index (χ2v) is 6.09. The molecule has 142 valence electrons. The molecule has 1 amide bonds. The van der Waals surface area contributed by atoms with Crippen LogP contribution in [0.2, 0.25) is 0 Å². The van der Waals surface area contributed by atoms with Crippen LogP contribution in [-0.2, 0) is 0 Å². The molecule has 9 nitrogen and oxygen atoms in total. The number of aromatic nitrogens is 4. The van der Waals surface area contributed by atoms with E-state index in [0.29, 0.717) is 22.6 Å². The first kappa shape index (κ1) is 17.9. The zero-order valence-corrected chi connectivity index (χ0v) is 15.2. The van der Waals surface area contributed by atoms with E-state index in [2.05, 4.69) is 15.0 Å². The summed E-state index contributed by atoms with van der Waals surface area (Å²) in [7, 11) is 1.49. The van der Waals surface area contributed by atoms with E-state index in [1.54, 1.807) is 48.5 Å². The van der Waals surface area contributed by atoms with Gasteiger partial charge in [-0.3, -0.25) is 4.79 Å². The first-order chi connectivity index (χ1) is 14.0. The lowest BCUT2D eigenvalue weighted by Gasteiger charge is -2.09. The number of hydrogen-bond acceptors (Lipinski definition) is 6. The maximum Gasteiger partial charge on any atom is 0.332 e. The number of imidazole rings is 1. The van der Waals surface area contributed by atoms with Crippen molar-refractivity contribution in [2.75, 3.05) is 7.11 Å². The number of ether oxygens (including phenoxy) is 1. The van der Waals surface area contributed by atoms with Crippen molar-refractivity contribution in [3.63, 3.8) is 0 Å². The lowest BCUT2D eigenvalue weighted by atomic mass is 10.1. The van der Waals surface area contributed by atoms with Gasteiger partial charge in [0.05, 0.1) is 24.4 Å². The summed E-state index contributed by atoms with van der Waals surface area (Å²) in [5.41, 5.74) is 6.67. The van der Waals surface area contributed by atoms with Crippen LogP contribution >= 0.6 is 0 Å². The molecular weight excluding hydrogens is 372 g/mol. The number of aromatic amines is 1. The molecule has 29 heavy (non-hydrogen) atoms. The molecule has 2 aromatic carbocycles. The topological polar surface area (TPSA) is 140 Å². The second kappa shape index (κ2) is 6.94. The number of carbonyl (C=O) groups is 1. The first-order valence-corrected chi connectivity index (χ1v) is 8.50. The number of para-hydroxylation sites is 2. The number of amides is 1. The van der Waals surface area contributed by atoms with Crippen LogP contribution in [0.5, 0.6) is 5.75 Å². The van der Waals surface area contributed by atoms with Crippen LogP contribution in [-0.4, -0.2) is 32.5 Å². The van der Waals surface area contributed by atoms with Gasteiger partial charge in [-0.05, 0) is 36.4 Å². The number of methoxy groups -OCH3 is 1. The highest BCUT2D eigenvalue weighted by atomic mass is 16.5. The van der Waals surface area contributed by atoms with Crippen molar-refractivity contribution in [3.05, 3.63) is 70.3 Å². The van der Waals surface area contributed by atoms with Gasteiger partial charge >= 0.3 is 5.69 Å². The van der Waals surface area contributed by atoms with Crippen molar-refractivity contribution < 1.29 is 9.53 Å². The van der Waals surface area contributed by atoms with Crippen LogP contribution < -0.4 is 16.2 Å². The lowest BCUT2D eigenvalue weighted by Crippen LogP contribution is -2.16. The fourth-order valence-electron chi connectivity index (χ4n) is 3.02. The predicted octanol–water partition coefficient (Wildman–Crippen LogP) is 1.75. The van der Waals surface area contributed by atoms with E-state index < -0.39 is 11.6 Å². The zero-order chi connectivity index (χ0) is 20.5. The Kier molecular flexibility index (Phi) is 4.29. The molecule has 0 saturated carbocycles. The number of fused-ring (bicyclic) bond motifs is 1. The van der Waals surface area contributed by atoms with Crippen LogP contribution in [0.3, 0.4) is 0 Å². The van der Waals surface area contributed by atoms with Gasteiger partial charge in [-0.25, -0.2) is 19.3 Å². The van der Waals surface area contributed by atoms with Crippen LogP contribution in [0, 0.1) is 11.3 Å². The number of rotatable bonds is 4. The van der Waals surface area contributed by atoms with Crippen LogP contribution in [0.15, 0.2) is 53.3 Å². The molecule has 0 atom stereocenters. The molecule has 2 aromatic heterocycles. The molecule has 0 aliphatic heterocycles. The van der Waals surface area contributed by atoms with Gasteiger partial charge in [-0.2, -0.15) is 5.26 Å². The Hall–Kier alpha value is -4.45. The number of nitrogens with zero attached hydrogens (tertiary/aromatic N) is 4. The average molecular weight is 386 g/mol. The van der Waals surface area contributed by atoms with Crippen LogP contribution in [0.4, 0.5) is 0 Å². The van der Waals surface area contributed by atoms with Crippen LogP contribution in [0.1, 0.15) is 16.1 Å². The molecule has 0 radical (unpaired) electrons. The quantitative estimate of drug-likeness (QED) is 0.548.